The maximum absolute atomic E-state index is 12.8. The van der Waals surface area contributed by atoms with Crippen LogP contribution in [0, 0.1) is 0 Å². The topological polar surface area (TPSA) is 160 Å². The molecule has 1 aliphatic heterocycles. The normalized spacial score (nSPS) is 28.0. The van der Waals surface area contributed by atoms with Crippen molar-refractivity contribution >= 4 is 30.4 Å². The van der Waals surface area contributed by atoms with Gasteiger partial charge in [0.1, 0.15) is 24.1 Å². The number of aliphatic hydroxyl groups excluding tert-OH is 2. The molecule has 0 radical (unpaired) electrons. The van der Waals surface area contributed by atoms with Crippen LogP contribution in [-0.4, -0.2) is 69.0 Å². The molecule has 180 valence electrons. The van der Waals surface area contributed by atoms with E-state index >= 15 is 0 Å². The van der Waals surface area contributed by atoms with Crippen molar-refractivity contribution in [2.24, 2.45) is 0 Å². The maximum Gasteiger partial charge on any atom is 0.359 e. The minimum absolute atomic E-state index is 0.0153. The number of ether oxygens (including phenoxy) is 1. The average Bonchev–Trinajstić information content (AvgIpc) is 3.30. The van der Waals surface area contributed by atoms with E-state index in [1.165, 1.54) is 24.1 Å². The summed E-state index contributed by atoms with van der Waals surface area (Å²) in [5.41, 5.74) is -0.522. The summed E-state index contributed by atoms with van der Waals surface area (Å²) in [5.74, 6) is 0. The highest BCUT2D eigenvalue weighted by atomic mass is 35.5. The van der Waals surface area contributed by atoms with Gasteiger partial charge in [-0.3, -0.25) is 13.7 Å². The highest BCUT2D eigenvalue weighted by Gasteiger charge is 2.51. The van der Waals surface area contributed by atoms with Gasteiger partial charge >= 0.3 is 7.60 Å². The molecule has 0 spiro atoms. The molecule has 1 saturated heterocycles. The van der Waals surface area contributed by atoms with Crippen LogP contribution in [0.2, 0.25) is 5.15 Å². The number of imidazole rings is 1. The first kappa shape index (κ1) is 25.5. The van der Waals surface area contributed by atoms with E-state index in [-0.39, 0.29) is 18.0 Å². The predicted molar refractivity (Wildman–Crippen MR) is 116 cm³/mol. The number of hydrogen-bond donors (Lipinski definition) is 4. The van der Waals surface area contributed by atoms with Crippen LogP contribution in [-0.2, 0) is 13.8 Å². The van der Waals surface area contributed by atoms with Crippen molar-refractivity contribution in [2.75, 3.05) is 0 Å². The average molecular weight is 493 g/mol. The molecule has 2 aromatic heterocycles. The quantitative estimate of drug-likeness (QED) is 0.302. The number of fused-ring (bicyclic) bond motifs is 1. The molecular weight excluding hydrogens is 463 g/mol. The van der Waals surface area contributed by atoms with Crippen LogP contribution in [0.15, 0.2) is 12.7 Å². The van der Waals surface area contributed by atoms with Crippen molar-refractivity contribution in [1.29, 1.82) is 0 Å². The van der Waals surface area contributed by atoms with Gasteiger partial charge in [0.2, 0.25) is 0 Å². The van der Waals surface area contributed by atoms with E-state index in [0.29, 0.717) is 24.0 Å². The van der Waals surface area contributed by atoms with Crippen LogP contribution in [0.4, 0.5) is 0 Å². The van der Waals surface area contributed by atoms with E-state index in [2.05, 4.69) is 15.0 Å². The molecule has 0 aromatic carbocycles. The second kappa shape index (κ2) is 9.23. The van der Waals surface area contributed by atoms with Crippen LogP contribution in [0.1, 0.15) is 59.6 Å². The monoisotopic (exact) mass is 492 g/mol. The molecule has 0 saturated carbocycles. The summed E-state index contributed by atoms with van der Waals surface area (Å²) < 4.78 is 25.9. The van der Waals surface area contributed by atoms with Gasteiger partial charge < -0.3 is 24.9 Å². The summed E-state index contributed by atoms with van der Waals surface area (Å²) in [4.78, 5) is 22.6. The Morgan fingerprint density at radius 1 is 1.19 bits per heavy atom. The van der Waals surface area contributed by atoms with Gasteiger partial charge in [-0.1, -0.05) is 32.4 Å². The van der Waals surface area contributed by atoms with Gasteiger partial charge in [-0.05, 0) is 26.2 Å². The zero-order valence-electron chi connectivity index (χ0n) is 18.4. The van der Waals surface area contributed by atoms with E-state index in [4.69, 9.17) is 20.9 Å². The third-order valence-electron chi connectivity index (χ3n) is 6.38. The van der Waals surface area contributed by atoms with Crippen LogP contribution >= 0.6 is 19.2 Å². The Bertz CT molecular complexity index is 999. The number of aliphatic hydroxyl groups is 3. The molecule has 32 heavy (non-hydrogen) atoms. The number of hydrogen-bond acceptors (Lipinski definition) is 9. The number of nitrogens with zero attached hydrogens (tertiary/aromatic N) is 4. The molecule has 0 bridgehead atoms. The molecular formula is C19H30ClN4O7P. The summed E-state index contributed by atoms with van der Waals surface area (Å²) in [6.45, 7) is 6.40. The third kappa shape index (κ3) is 4.45. The molecule has 1 aliphatic rings. The predicted octanol–water partition coefficient (Wildman–Crippen LogP) is 2.37. The Kier molecular flexibility index (Phi) is 7.34. The van der Waals surface area contributed by atoms with Gasteiger partial charge in [0.15, 0.2) is 22.4 Å². The van der Waals surface area contributed by atoms with Gasteiger partial charge in [0.25, 0.3) is 0 Å². The Balaban J connectivity index is 1.87. The lowest BCUT2D eigenvalue weighted by molar-refractivity contribution is -0.0753. The van der Waals surface area contributed by atoms with Gasteiger partial charge in [0, 0.05) is 6.42 Å². The second-order valence-corrected chi connectivity index (χ2v) is 10.9. The fraction of sp³-hybridized carbons (Fsp3) is 0.737. The van der Waals surface area contributed by atoms with Gasteiger partial charge in [-0.15, -0.1) is 0 Å². The van der Waals surface area contributed by atoms with E-state index < -0.39 is 43.1 Å². The molecule has 5 unspecified atom stereocenters. The van der Waals surface area contributed by atoms with Crippen molar-refractivity contribution in [3.05, 3.63) is 17.8 Å². The molecule has 11 nitrogen and oxygen atoms in total. The molecule has 3 rings (SSSR count). The number of halogens is 1. The maximum atomic E-state index is 12.8. The molecule has 6 atom stereocenters. The third-order valence-corrected chi connectivity index (χ3v) is 8.83. The lowest BCUT2D eigenvalue weighted by atomic mass is 9.88. The summed E-state index contributed by atoms with van der Waals surface area (Å²) in [5, 5.41) is 30.0. The van der Waals surface area contributed by atoms with Gasteiger partial charge in [-0.25, -0.2) is 15.0 Å². The summed E-state index contributed by atoms with van der Waals surface area (Å²) in [7, 11) is -4.43. The van der Waals surface area contributed by atoms with Crippen LogP contribution in [0.5, 0.6) is 0 Å². The Hall–Kier alpha value is -1.17. The second-order valence-electron chi connectivity index (χ2n) is 8.31. The first-order valence-corrected chi connectivity index (χ1v) is 12.5. The first-order valence-electron chi connectivity index (χ1n) is 10.5. The molecule has 13 heteroatoms. The molecule has 2 aromatic rings. The Morgan fingerprint density at radius 3 is 2.44 bits per heavy atom. The van der Waals surface area contributed by atoms with Crippen molar-refractivity contribution in [3.8, 4) is 0 Å². The van der Waals surface area contributed by atoms with Crippen molar-refractivity contribution in [2.45, 2.75) is 88.9 Å². The van der Waals surface area contributed by atoms with Crippen LogP contribution in [0.3, 0.4) is 0 Å². The Labute approximate surface area is 190 Å². The van der Waals surface area contributed by atoms with Crippen molar-refractivity contribution in [3.63, 3.8) is 0 Å². The minimum atomic E-state index is -4.43. The van der Waals surface area contributed by atoms with Crippen LogP contribution in [0.25, 0.3) is 11.2 Å². The smallest absolute Gasteiger partial charge is 0.359 e. The SMILES string of the molecule is CCC(CC)(CC1OC(n2cnc3c(Cl)ncnc32)C(O)[C@@H]1O)OP(=O)(O)C(C)(O)CC. The van der Waals surface area contributed by atoms with Gasteiger partial charge in [-0.2, -0.15) is 0 Å². The first-order chi connectivity index (χ1) is 14.9. The van der Waals surface area contributed by atoms with Crippen molar-refractivity contribution < 1.29 is 34.0 Å². The summed E-state index contributed by atoms with van der Waals surface area (Å²) >= 11 is 6.04. The van der Waals surface area contributed by atoms with E-state index in [0.717, 1.165) is 0 Å². The highest BCUT2D eigenvalue weighted by Crippen LogP contribution is 2.59. The molecule has 0 amide bonds. The highest BCUT2D eigenvalue weighted by molar-refractivity contribution is 7.54. The fourth-order valence-electron chi connectivity index (χ4n) is 3.77. The van der Waals surface area contributed by atoms with E-state index in [1.807, 2.05) is 0 Å². The van der Waals surface area contributed by atoms with Crippen LogP contribution < -0.4 is 0 Å². The molecule has 1 fully saturated rings. The lowest BCUT2D eigenvalue weighted by Gasteiger charge is -2.39. The fourth-order valence-corrected chi connectivity index (χ4v) is 5.40. The summed E-state index contributed by atoms with van der Waals surface area (Å²) in [6.07, 6.45) is -1.25. The zero-order chi connectivity index (χ0) is 23.9. The molecule has 3 heterocycles. The largest absolute Gasteiger partial charge is 0.388 e. The lowest BCUT2D eigenvalue weighted by Crippen LogP contribution is -2.41. The Morgan fingerprint density at radius 2 is 1.84 bits per heavy atom. The standard InChI is InChI=1S/C19H30ClN4O7P/c1-5-18(4,27)32(28,29)31-19(6-2,7-3)8-11-13(25)14(26)17(30-11)24-10-23-12-15(20)21-9-22-16(12)24/h9-11,13-14,17,25-27H,5-8H2,1-4H3,(H,28,29)/t11?,13-,14?,17?,18?/m1/s1. The van der Waals surface area contributed by atoms with Crippen molar-refractivity contribution in [1.82, 2.24) is 19.5 Å². The molecule has 0 aliphatic carbocycles. The van der Waals surface area contributed by atoms with Gasteiger partial charge in [0.05, 0.1) is 18.0 Å². The van der Waals surface area contributed by atoms with E-state index in [9.17, 15) is 24.8 Å². The zero-order valence-corrected chi connectivity index (χ0v) is 20.1. The summed E-state index contributed by atoms with van der Waals surface area (Å²) in [6, 6.07) is 0. The molecule has 4 N–H and O–H groups in total. The minimum Gasteiger partial charge on any atom is -0.388 e. The number of rotatable bonds is 9. The number of aromatic nitrogens is 4. The van der Waals surface area contributed by atoms with E-state index in [1.54, 1.807) is 20.8 Å².